The number of aliphatic hydroxyl groups is 1. The lowest BCUT2D eigenvalue weighted by Crippen LogP contribution is -2.33. The minimum Gasteiger partial charge on any atom is -0.388 e. The first kappa shape index (κ1) is 11.3. The number of hydrogen-bond acceptors (Lipinski definition) is 5. The minimum atomic E-state index is -0.764. The summed E-state index contributed by atoms with van der Waals surface area (Å²) in [5.74, 6) is -0.0792. The number of β-amino-alcohol motifs (C(OH)–C–C–N with tert-alkyl or cyclic N) is 1. The van der Waals surface area contributed by atoms with E-state index in [1.54, 1.807) is 18.7 Å². The van der Waals surface area contributed by atoms with Gasteiger partial charge in [-0.15, -0.1) is 0 Å². The first-order valence-electron chi connectivity index (χ1n) is 5.14. The average molecular weight is 241 g/mol. The summed E-state index contributed by atoms with van der Waals surface area (Å²) in [6, 6.07) is 0. The van der Waals surface area contributed by atoms with Crippen LogP contribution in [0.3, 0.4) is 0 Å². The molecule has 1 aliphatic heterocycles. The van der Waals surface area contributed by atoms with Crippen LogP contribution in [0.4, 0.5) is 5.13 Å². The van der Waals surface area contributed by atoms with Crippen LogP contribution in [0.5, 0.6) is 0 Å². The van der Waals surface area contributed by atoms with E-state index >= 15 is 0 Å². The maximum Gasteiger partial charge on any atom is 0.266 e. The first-order valence-corrected chi connectivity index (χ1v) is 5.95. The van der Waals surface area contributed by atoms with Crippen molar-refractivity contribution in [2.24, 2.45) is 0 Å². The van der Waals surface area contributed by atoms with E-state index in [4.69, 9.17) is 5.73 Å². The molecule has 1 aromatic rings. The Kier molecular flexibility index (Phi) is 2.63. The molecule has 0 spiro atoms. The molecule has 1 saturated heterocycles. The molecule has 0 aromatic carbocycles. The van der Waals surface area contributed by atoms with Crippen molar-refractivity contribution in [1.29, 1.82) is 0 Å². The van der Waals surface area contributed by atoms with Crippen LogP contribution in [0.25, 0.3) is 0 Å². The number of anilines is 1. The summed E-state index contributed by atoms with van der Waals surface area (Å²) < 4.78 is 0. The number of thiazole rings is 1. The number of aryl methyl sites for hydroxylation is 1. The predicted molar refractivity (Wildman–Crippen MR) is 62.4 cm³/mol. The molecule has 1 aliphatic rings. The summed E-state index contributed by atoms with van der Waals surface area (Å²) in [6.45, 7) is 4.48. The number of nitrogens with two attached hydrogens (primary N) is 1. The smallest absolute Gasteiger partial charge is 0.266 e. The van der Waals surface area contributed by atoms with Gasteiger partial charge in [-0.25, -0.2) is 4.98 Å². The van der Waals surface area contributed by atoms with Gasteiger partial charge in [0.2, 0.25) is 0 Å². The average Bonchev–Trinajstić information content (AvgIpc) is 2.68. The number of aromatic nitrogens is 1. The second-order valence-electron chi connectivity index (χ2n) is 4.44. The van der Waals surface area contributed by atoms with Crippen LogP contribution in [-0.2, 0) is 0 Å². The zero-order valence-corrected chi connectivity index (χ0v) is 10.2. The number of nitrogen functional groups attached to an aromatic ring is 1. The molecule has 0 bridgehead atoms. The number of amides is 1. The molecule has 5 nitrogen and oxygen atoms in total. The summed E-state index contributed by atoms with van der Waals surface area (Å²) in [6.07, 6.45) is 0.617. The van der Waals surface area contributed by atoms with Crippen LogP contribution < -0.4 is 5.73 Å². The van der Waals surface area contributed by atoms with Gasteiger partial charge in [-0.05, 0) is 20.3 Å². The van der Waals surface area contributed by atoms with Gasteiger partial charge in [0, 0.05) is 13.1 Å². The predicted octanol–water partition coefficient (Wildman–Crippen LogP) is 0.631. The molecule has 0 saturated carbocycles. The number of nitrogens with zero attached hydrogens (tertiary/aromatic N) is 2. The highest BCUT2D eigenvalue weighted by atomic mass is 32.1. The van der Waals surface area contributed by atoms with Gasteiger partial charge in [0.15, 0.2) is 5.13 Å². The van der Waals surface area contributed by atoms with Crippen molar-refractivity contribution in [3.8, 4) is 0 Å². The van der Waals surface area contributed by atoms with Gasteiger partial charge in [-0.2, -0.15) is 0 Å². The standard InChI is InChI=1S/C10H15N3O2S/c1-6-7(16-9(11)12-6)8(14)13-4-3-10(2,15)5-13/h15H,3-5H2,1-2H3,(H2,11,12). The minimum absolute atomic E-state index is 0.0792. The summed E-state index contributed by atoms with van der Waals surface area (Å²) in [7, 11) is 0. The van der Waals surface area contributed by atoms with E-state index in [1.807, 2.05) is 0 Å². The molecule has 2 rings (SSSR count). The zero-order valence-electron chi connectivity index (χ0n) is 9.36. The third-order valence-corrected chi connectivity index (χ3v) is 3.72. The Morgan fingerprint density at radius 3 is 2.81 bits per heavy atom. The van der Waals surface area contributed by atoms with Gasteiger partial charge in [-0.3, -0.25) is 4.79 Å². The van der Waals surface area contributed by atoms with Gasteiger partial charge >= 0.3 is 0 Å². The normalized spacial score (nSPS) is 25.1. The Balaban J connectivity index is 2.18. The summed E-state index contributed by atoms with van der Waals surface area (Å²) >= 11 is 1.20. The lowest BCUT2D eigenvalue weighted by atomic mass is 10.1. The van der Waals surface area contributed by atoms with E-state index in [0.29, 0.717) is 35.2 Å². The van der Waals surface area contributed by atoms with Crippen molar-refractivity contribution in [3.63, 3.8) is 0 Å². The van der Waals surface area contributed by atoms with Crippen LogP contribution in [0.1, 0.15) is 28.7 Å². The van der Waals surface area contributed by atoms with E-state index in [9.17, 15) is 9.90 Å². The largest absolute Gasteiger partial charge is 0.388 e. The molecule has 0 radical (unpaired) electrons. The Morgan fingerprint density at radius 1 is 1.69 bits per heavy atom. The molecule has 1 unspecified atom stereocenters. The Bertz CT molecular complexity index is 428. The molecule has 3 N–H and O–H groups in total. The van der Waals surface area contributed by atoms with Crippen LogP contribution in [0.2, 0.25) is 0 Å². The SMILES string of the molecule is Cc1nc(N)sc1C(=O)N1CCC(C)(O)C1. The monoisotopic (exact) mass is 241 g/mol. The molecular weight excluding hydrogens is 226 g/mol. The summed E-state index contributed by atoms with van der Waals surface area (Å²) in [4.78, 5) is 18.4. The lowest BCUT2D eigenvalue weighted by molar-refractivity contribution is 0.0574. The molecule has 88 valence electrons. The van der Waals surface area contributed by atoms with E-state index in [2.05, 4.69) is 4.98 Å². The highest BCUT2D eigenvalue weighted by Crippen LogP contribution is 2.26. The number of rotatable bonds is 1. The molecule has 0 aliphatic carbocycles. The second kappa shape index (κ2) is 3.71. The van der Waals surface area contributed by atoms with E-state index < -0.39 is 5.60 Å². The number of likely N-dealkylation sites (tertiary alicyclic amines) is 1. The molecule has 1 atom stereocenters. The number of hydrogen-bond donors (Lipinski definition) is 2. The van der Waals surface area contributed by atoms with Crippen LogP contribution in [0.15, 0.2) is 0 Å². The van der Waals surface area contributed by atoms with Gasteiger partial charge in [-0.1, -0.05) is 11.3 Å². The van der Waals surface area contributed by atoms with Gasteiger partial charge in [0.1, 0.15) is 4.88 Å². The van der Waals surface area contributed by atoms with Crippen LogP contribution >= 0.6 is 11.3 Å². The highest BCUT2D eigenvalue weighted by Gasteiger charge is 2.35. The molecule has 1 amide bonds. The Morgan fingerprint density at radius 2 is 2.38 bits per heavy atom. The fourth-order valence-corrected chi connectivity index (χ4v) is 2.68. The second-order valence-corrected chi connectivity index (χ2v) is 5.47. The van der Waals surface area contributed by atoms with E-state index in [-0.39, 0.29) is 5.91 Å². The fraction of sp³-hybridized carbons (Fsp3) is 0.600. The lowest BCUT2D eigenvalue weighted by Gasteiger charge is -2.18. The van der Waals surface area contributed by atoms with Crippen LogP contribution in [-0.4, -0.2) is 39.6 Å². The summed E-state index contributed by atoms with van der Waals surface area (Å²) in [5, 5.41) is 10.2. The number of carbonyl (C=O) groups excluding carboxylic acids is 1. The molecule has 1 aromatic heterocycles. The molecule has 16 heavy (non-hydrogen) atoms. The third kappa shape index (κ3) is 2.03. The van der Waals surface area contributed by atoms with Crippen molar-refractivity contribution in [1.82, 2.24) is 9.88 Å². The van der Waals surface area contributed by atoms with Crippen molar-refractivity contribution in [2.75, 3.05) is 18.8 Å². The van der Waals surface area contributed by atoms with Crippen molar-refractivity contribution in [2.45, 2.75) is 25.9 Å². The van der Waals surface area contributed by atoms with Gasteiger partial charge in [0.25, 0.3) is 5.91 Å². The summed E-state index contributed by atoms with van der Waals surface area (Å²) in [5.41, 5.74) is 5.46. The topological polar surface area (TPSA) is 79.5 Å². The maximum absolute atomic E-state index is 12.1. The van der Waals surface area contributed by atoms with Crippen molar-refractivity contribution >= 4 is 22.4 Å². The van der Waals surface area contributed by atoms with E-state index in [0.717, 1.165) is 0 Å². The van der Waals surface area contributed by atoms with E-state index in [1.165, 1.54) is 11.3 Å². The maximum atomic E-state index is 12.1. The fourth-order valence-electron chi connectivity index (χ4n) is 1.88. The molecule has 6 heteroatoms. The van der Waals surface area contributed by atoms with Gasteiger partial charge in [0.05, 0.1) is 11.3 Å². The first-order chi connectivity index (χ1) is 7.39. The Hall–Kier alpha value is -1.14. The highest BCUT2D eigenvalue weighted by molar-refractivity contribution is 7.17. The van der Waals surface area contributed by atoms with Gasteiger partial charge < -0.3 is 15.7 Å². The van der Waals surface area contributed by atoms with Crippen molar-refractivity contribution < 1.29 is 9.90 Å². The molecular formula is C10H15N3O2S. The molecule has 2 heterocycles. The third-order valence-electron chi connectivity index (χ3n) is 2.75. The quantitative estimate of drug-likeness (QED) is 0.756. The van der Waals surface area contributed by atoms with Crippen LogP contribution in [0, 0.1) is 6.92 Å². The Labute approximate surface area is 97.9 Å². The zero-order chi connectivity index (χ0) is 11.9. The number of carbonyl (C=O) groups is 1. The molecule has 1 fully saturated rings. The van der Waals surface area contributed by atoms with Crippen molar-refractivity contribution in [3.05, 3.63) is 10.6 Å².